The second-order valence-electron chi connectivity index (χ2n) is 5.31. The van der Waals surface area contributed by atoms with E-state index < -0.39 is 0 Å². The van der Waals surface area contributed by atoms with Gasteiger partial charge in [-0.1, -0.05) is 23.7 Å². The molecule has 0 unspecified atom stereocenters. The molecule has 5 heteroatoms. The van der Waals surface area contributed by atoms with Crippen LogP contribution in [0.4, 0.5) is 4.39 Å². The molecule has 1 amide bonds. The molecule has 0 saturated heterocycles. The Labute approximate surface area is 145 Å². The summed E-state index contributed by atoms with van der Waals surface area (Å²) in [5.41, 5.74) is 3.44. The molecule has 0 fully saturated rings. The highest BCUT2D eigenvalue weighted by atomic mass is 35.5. The molecule has 0 heterocycles. The molecule has 2 aromatic carbocycles. The van der Waals surface area contributed by atoms with Gasteiger partial charge in [0.05, 0.1) is 0 Å². The zero-order valence-electron chi connectivity index (χ0n) is 13.2. The van der Waals surface area contributed by atoms with E-state index in [-0.39, 0.29) is 11.7 Å². The fourth-order valence-corrected chi connectivity index (χ4v) is 3.26. The number of amides is 1. The zero-order valence-corrected chi connectivity index (χ0v) is 14.7. The van der Waals surface area contributed by atoms with Gasteiger partial charge in [-0.25, -0.2) is 4.39 Å². The van der Waals surface area contributed by atoms with Gasteiger partial charge >= 0.3 is 0 Å². The van der Waals surface area contributed by atoms with Gasteiger partial charge < -0.3 is 5.32 Å². The van der Waals surface area contributed by atoms with Crippen LogP contribution in [-0.4, -0.2) is 18.2 Å². The van der Waals surface area contributed by atoms with E-state index >= 15 is 0 Å². The predicted octanol–water partition coefficient (Wildman–Crippen LogP) is 4.76. The first-order valence-electron chi connectivity index (χ1n) is 7.35. The molecule has 0 bridgehead atoms. The summed E-state index contributed by atoms with van der Waals surface area (Å²) in [7, 11) is 0. The third-order valence-electron chi connectivity index (χ3n) is 3.61. The minimum Gasteiger partial charge on any atom is -0.351 e. The summed E-state index contributed by atoms with van der Waals surface area (Å²) < 4.78 is 13.6. The molecule has 0 saturated carbocycles. The van der Waals surface area contributed by atoms with Crippen LogP contribution in [0.5, 0.6) is 0 Å². The first kappa shape index (κ1) is 17.8. The Morgan fingerprint density at radius 1 is 1.22 bits per heavy atom. The molecule has 0 spiro atoms. The quantitative estimate of drug-likeness (QED) is 0.760. The maximum atomic E-state index is 13.6. The van der Waals surface area contributed by atoms with Crippen LogP contribution in [0.25, 0.3) is 0 Å². The summed E-state index contributed by atoms with van der Waals surface area (Å²) in [6.45, 7) is 4.53. The second-order valence-corrected chi connectivity index (χ2v) is 6.82. The number of nitrogens with one attached hydrogen (secondary N) is 1. The topological polar surface area (TPSA) is 29.1 Å². The fourth-order valence-electron chi connectivity index (χ4n) is 2.07. The highest BCUT2D eigenvalue weighted by molar-refractivity contribution is 7.98. The molecule has 0 aliphatic rings. The molecular weight excluding hydrogens is 333 g/mol. The van der Waals surface area contributed by atoms with E-state index in [0.717, 1.165) is 5.56 Å². The molecule has 2 rings (SSSR count). The summed E-state index contributed by atoms with van der Waals surface area (Å²) in [5, 5.41) is 3.32. The molecule has 0 aliphatic carbocycles. The van der Waals surface area contributed by atoms with Crippen molar-refractivity contribution in [3.8, 4) is 0 Å². The molecule has 0 aromatic heterocycles. The number of carbonyl (C=O) groups excluding carboxylic acids is 1. The van der Waals surface area contributed by atoms with Gasteiger partial charge in [0, 0.05) is 34.2 Å². The van der Waals surface area contributed by atoms with E-state index in [4.69, 9.17) is 11.6 Å². The Morgan fingerprint density at radius 2 is 2.00 bits per heavy atom. The van der Waals surface area contributed by atoms with Gasteiger partial charge in [-0.15, -0.1) is 0 Å². The van der Waals surface area contributed by atoms with E-state index in [2.05, 4.69) is 5.32 Å². The van der Waals surface area contributed by atoms with Crippen molar-refractivity contribution in [1.29, 1.82) is 0 Å². The van der Waals surface area contributed by atoms with Crippen LogP contribution in [0.15, 0.2) is 36.4 Å². The number of benzene rings is 2. The van der Waals surface area contributed by atoms with Gasteiger partial charge in [-0.2, -0.15) is 11.8 Å². The number of hydrogen-bond acceptors (Lipinski definition) is 2. The molecule has 23 heavy (non-hydrogen) atoms. The Bertz CT molecular complexity index is 685. The summed E-state index contributed by atoms with van der Waals surface area (Å²) >= 11 is 7.52. The van der Waals surface area contributed by atoms with Gasteiger partial charge in [-0.05, 0) is 49.2 Å². The van der Waals surface area contributed by atoms with Crippen molar-refractivity contribution < 1.29 is 9.18 Å². The molecule has 2 nitrogen and oxygen atoms in total. The SMILES string of the molecule is Cc1ccc(C(=O)NCCSCc2c(F)cccc2Cl)cc1C. The Hall–Kier alpha value is -1.52. The van der Waals surface area contributed by atoms with Crippen molar-refractivity contribution in [2.45, 2.75) is 19.6 Å². The fraction of sp³-hybridized carbons (Fsp3) is 0.278. The van der Waals surface area contributed by atoms with Crippen LogP contribution < -0.4 is 5.32 Å². The molecule has 0 aliphatic heterocycles. The van der Waals surface area contributed by atoms with E-state index in [1.54, 1.807) is 12.1 Å². The Balaban J connectivity index is 1.77. The number of aryl methyl sites for hydroxylation is 2. The number of rotatable bonds is 6. The summed E-state index contributed by atoms with van der Waals surface area (Å²) in [4.78, 5) is 12.0. The lowest BCUT2D eigenvalue weighted by Crippen LogP contribution is -2.25. The van der Waals surface area contributed by atoms with Crippen LogP contribution in [-0.2, 0) is 5.75 Å². The summed E-state index contributed by atoms with van der Waals surface area (Å²) in [5.74, 6) is 0.813. The van der Waals surface area contributed by atoms with Crippen molar-refractivity contribution in [2.24, 2.45) is 0 Å². The van der Waals surface area contributed by atoms with Gasteiger partial charge in [0.1, 0.15) is 5.82 Å². The number of hydrogen-bond donors (Lipinski definition) is 1. The normalized spacial score (nSPS) is 10.6. The standard InChI is InChI=1S/C18H19ClFNOS/c1-12-6-7-14(10-13(12)2)18(22)21-8-9-23-11-15-16(19)4-3-5-17(15)20/h3-7,10H,8-9,11H2,1-2H3,(H,21,22). The van der Waals surface area contributed by atoms with E-state index in [1.165, 1.54) is 23.4 Å². The average molecular weight is 352 g/mol. The largest absolute Gasteiger partial charge is 0.351 e. The van der Waals surface area contributed by atoms with Crippen LogP contribution >= 0.6 is 23.4 Å². The van der Waals surface area contributed by atoms with Crippen LogP contribution in [0.3, 0.4) is 0 Å². The van der Waals surface area contributed by atoms with Crippen molar-refractivity contribution in [3.63, 3.8) is 0 Å². The van der Waals surface area contributed by atoms with Gasteiger partial charge in [0.25, 0.3) is 5.91 Å². The van der Waals surface area contributed by atoms with Crippen LogP contribution in [0.2, 0.25) is 5.02 Å². The minimum absolute atomic E-state index is 0.0855. The third kappa shape index (κ3) is 4.98. The highest BCUT2D eigenvalue weighted by Crippen LogP contribution is 2.23. The van der Waals surface area contributed by atoms with Gasteiger partial charge in [0.2, 0.25) is 0 Å². The minimum atomic E-state index is -0.288. The monoisotopic (exact) mass is 351 g/mol. The zero-order chi connectivity index (χ0) is 16.8. The van der Waals surface area contributed by atoms with Crippen LogP contribution in [0.1, 0.15) is 27.0 Å². The van der Waals surface area contributed by atoms with Crippen molar-refractivity contribution >= 4 is 29.3 Å². The van der Waals surface area contributed by atoms with Crippen molar-refractivity contribution in [2.75, 3.05) is 12.3 Å². The van der Waals surface area contributed by atoms with E-state index in [0.29, 0.717) is 34.2 Å². The van der Waals surface area contributed by atoms with Gasteiger partial charge in [-0.3, -0.25) is 4.79 Å². The second kappa shape index (κ2) is 8.37. The first-order chi connectivity index (χ1) is 11.0. The molecule has 0 atom stereocenters. The van der Waals surface area contributed by atoms with Crippen molar-refractivity contribution in [1.82, 2.24) is 5.32 Å². The third-order valence-corrected chi connectivity index (χ3v) is 4.95. The van der Waals surface area contributed by atoms with E-state index in [1.807, 2.05) is 32.0 Å². The Morgan fingerprint density at radius 3 is 2.70 bits per heavy atom. The molecule has 1 N–H and O–H groups in total. The molecule has 2 aromatic rings. The smallest absolute Gasteiger partial charge is 0.251 e. The number of halogens is 2. The summed E-state index contributed by atoms with van der Waals surface area (Å²) in [6.07, 6.45) is 0. The summed E-state index contributed by atoms with van der Waals surface area (Å²) in [6, 6.07) is 10.3. The Kier molecular flexibility index (Phi) is 6.48. The maximum absolute atomic E-state index is 13.6. The van der Waals surface area contributed by atoms with Gasteiger partial charge in [0.15, 0.2) is 0 Å². The molecule has 122 valence electrons. The van der Waals surface area contributed by atoms with E-state index in [9.17, 15) is 9.18 Å². The highest BCUT2D eigenvalue weighted by Gasteiger charge is 2.08. The number of thioether (sulfide) groups is 1. The average Bonchev–Trinajstić information content (AvgIpc) is 2.52. The lowest BCUT2D eigenvalue weighted by atomic mass is 10.1. The van der Waals surface area contributed by atoms with Crippen LogP contribution in [0, 0.1) is 19.7 Å². The lowest BCUT2D eigenvalue weighted by Gasteiger charge is -2.08. The first-order valence-corrected chi connectivity index (χ1v) is 8.88. The molecular formula is C18H19ClFNOS. The molecule has 0 radical (unpaired) electrons. The maximum Gasteiger partial charge on any atom is 0.251 e. The predicted molar refractivity (Wildman–Crippen MR) is 95.8 cm³/mol. The number of carbonyl (C=O) groups is 1. The lowest BCUT2D eigenvalue weighted by molar-refractivity contribution is 0.0956. The van der Waals surface area contributed by atoms with Crippen molar-refractivity contribution in [3.05, 3.63) is 69.5 Å².